The van der Waals surface area contributed by atoms with Crippen molar-refractivity contribution in [3.05, 3.63) is 41.7 Å². The van der Waals surface area contributed by atoms with Crippen molar-refractivity contribution in [1.82, 2.24) is 24.3 Å². The molecular formula is C27H38N6O2. The molecule has 0 saturated heterocycles. The summed E-state index contributed by atoms with van der Waals surface area (Å²) in [6.07, 6.45) is 4.96. The Bertz CT molecular complexity index is 1210. The van der Waals surface area contributed by atoms with E-state index < -0.39 is 0 Å². The summed E-state index contributed by atoms with van der Waals surface area (Å²) in [7, 11) is 7.65. The molecule has 1 unspecified atom stereocenters. The van der Waals surface area contributed by atoms with Gasteiger partial charge in [0.15, 0.2) is 0 Å². The van der Waals surface area contributed by atoms with Crippen LogP contribution in [0.15, 0.2) is 30.5 Å². The molecule has 1 N–H and O–H groups in total. The van der Waals surface area contributed by atoms with Crippen LogP contribution in [0.25, 0.3) is 11.0 Å². The summed E-state index contributed by atoms with van der Waals surface area (Å²) in [5.41, 5.74) is 3.33. The molecule has 4 rings (SSSR count). The van der Waals surface area contributed by atoms with Gasteiger partial charge in [0, 0.05) is 43.4 Å². The molecule has 0 spiro atoms. The zero-order valence-corrected chi connectivity index (χ0v) is 22.1. The summed E-state index contributed by atoms with van der Waals surface area (Å²) in [5, 5.41) is 4.23. The summed E-state index contributed by atoms with van der Waals surface area (Å²) in [6.45, 7) is 8.02. The fraction of sp³-hybridized carbons (Fsp3) is 0.519. The number of anilines is 2. The van der Waals surface area contributed by atoms with Crippen molar-refractivity contribution in [1.29, 1.82) is 0 Å². The van der Waals surface area contributed by atoms with Crippen LogP contribution < -0.4 is 10.1 Å². The molecule has 2 heterocycles. The van der Waals surface area contributed by atoms with Crippen molar-refractivity contribution in [2.45, 2.75) is 45.6 Å². The van der Waals surface area contributed by atoms with Gasteiger partial charge in [-0.15, -0.1) is 0 Å². The van der Waals surface area contributed by atoms with Crippen LogP contribution in [0, 0.1) is 12.8 Å². The number of ether oxygens (including phenoxy) is 1. The number of likely N-dealkylation sites (N-methyl/N-ethyl adjacent to an activating group) is 1. The van der Waals surface area contributed by atoms with E-state index in [1.54, 1.807) is 19.0 Å². The molecule has 3 aromatic rings. The van der Waals surface area contributed by atoms with Crippen LogP contribution in [-0.4, -0.2) is 71.6 Å². The summed E-state index contributed by atoms with van der Waals surface area (Å²) < 4.78 is 8.10. The Morgan fingerprint density at radius 3 is 2.60 bits per heavy atom. The third-order valence-electron chi connectivity index (χ3n) is 7.38. The fourth-order valence-corrected chi connectivity index (χ4v) is 5.02. The Kier molecular flexibility index (Phi) is 7.03. The van der Waals surface area contributed by atoms with Gasteiger partial charge in [-0.1, -0.05) is 13.8 Å². The first kappa shape index (κ1) is 25.0. The summed E-state index contributed by atoms with van der Waals surface area (Å²) in [4.78, 5) is 26.3. The van der Waals surface area contributed by atoms with E-state index in [1.165, 1.54) is 0 Å². The highest BCUT2D eigenvalue weighted by molar-refractivity contribution is 5.98. The lowest BCUT2D eigenvalue weighted by Gasteiger charge is -2.50. The zero-order chi connectivity index (χ0) is 25.3. The van der Waals surface area contributed by atoms with Gasteiger partial charge in [0.05, 0.1) is 0 Å². The average Bonchev–Trinajstić information content (AvgIpc) is 3.18. The maximum atomic E-state index is 13.1. The number of benzene rings is 1. The second-order valence-electron chi connectivity index (χ2n) is 10.2. The molecule has 0 bridgehead atoms. The monoisotopic (exact) mass is 478 g/mol. The second-order valence-corrected chi connectivity index (χ2v) is 10.2. The minimum atomic E-state index is -0.101. The minimum absolute atomic E-state index is 0.00934. The van der Waals surface area contributed by atoms with Crippen LogP contribution in [0.1, 0.15) is 49.2 Å². The molecule has 1 aliphatic rings. The lowest BCUT2D eigenvalue weighted by atomic mass is 9.65. The lowest BCUT2D eigenvalue weighted by Crippen LogP contribution is -2.49. The van der Waals surface area contributed by atoms with Crippen LogP contribution in [0.2, 0.25) is 0 Å². The smallest absolute Gasteiger partial charge is 0.270 e. The number of rotatable bonds is 9. The Morgan fingerprint density at radius 1 is 1.26 bits per heavy atom. The molecule has 1 aliphatic carbocycles. The van der Waals surface area contributed by atoms with E-state index in [0.717, 1.165) is 53.8 Å². The van der Waals surface area contributed by atoms with E-state index in [1.807, 2.05) is 51.5 Å². The highest BCUT2D eigenvalue weighted by Gasteiger charge is 2.46. The van der Waals surface area contributed by atoms with Gasteiger partial charge >= 0.3 is 0 Å². The molecule has 0 aliphatic heterocycles. The number of nitrogens with one attached hydrogen (secondary N) is 1. The van der Waals surface area contributed by atoms with Gasteiger partial charge < -0.3 is 24.4 Å². The molecular weight excluding hydrogens is 440 g/mol. The summed E-state index contributed by atoms with van der Waals surface area (Å²) in [5.74, 6) is 1.86. The summed E-state index contributed by atoms with van der Waals surface area (Å²) >= 11 is 0. The van der Waals surface area contributed by atoms with Crippen molar-refractivity contribution < 1.29 is 9.53 Å². The number of hydrogen-bond acceptors (Lipinski definition) is 6. The largest absolute Gasteiger partial charge is 0.492 e. The number of aromatic nitrogens is 3. The van der Waals surface area contributed by atoms with E-state index in [2.05, 4.69) is 33.6 Å². The molecule has 1 saturated carbocycles. The van der Waals surface area contributed by atoms with Crippen LogP contribution in [-0.2, 0) is 5.54 Å². The number of fused-ring (bicyclic) bond motifs is 1. The van der Waals surface area contributed by atoms with Crippen molar-refractivity contribution >= 4 is 28.6 Å². The van der Waals surface area contributed by atoms with E-state index >= 15 is 0 Å². The van der Waals surface area contributed by atoms with E-state index in [9.17, 15) is 4.79 Å². The van der Waals surface area contributed by atoms with Crippen LogP contribution in [0.3, 0.4) is 0 Å². The predicted octanol–water partition coefficient (Wildman–Crippen LogP) is 4.66. The fourth-order valence-electron chi connectivity index (χ4n) is 5.02. The van der Waals surface area contributed by atoms with Crippen molar-refractivity contribution in [3.63, 3.8) is 0 Å². The highest BCUT2D eigenvalue weighted by Crippen LogP contribution is 2.49. The number of nitrogens with zero attached hydrogens (tertiary/aromatic N) is 5. The van der Waals surface area contributed by atoms with Gasteiger partial charge in [-0.05, 0) is 76.0 Å². The Morgan fingerprint density at radius 2 is 2.03 bits per heavy atom. The molecule has 1 aromatic carbocycles. The highest BCUT2D eigenvalue weighted by atomic mass is 16.5. The van der Waals surface area contributed by atoms with Gasteiger partial charge in [-0.3, -0.25) is 4.79 Å². The second kappa shape index (κ2) is 9.85. The first-order valence-electron chi connectivity index (χ1n) is 12.4. The van der Waals surface area contributed by atoms with E-state index in [4.69, 9.17) is 9.72 Å². The SMILES string of the molecule is CCC1(n2c(C(=O)N(C)C)cc3cnc(Nc4ccc(OCCN(C)C)c(C)c4)nc32)CC[C@H]1C. The maximum absolute atomic E-state index is 13.1. The Balaban J connectivity index is 1.67. The van der Waals surface area contributed by atoms with Crippen LogP contribution in [0.4, 0.5) is 11.6 Å². The number of carbonyl (C=O) groups is 1. The van der Waals surface area contributed by atoms with Crippen LogP contribution in [0.5, 0.6) is 5.75 Å². The lowest BCUT2D eigenvalue weighted by molar-refractivity contribution is 0.0488. The molecule has 2 aromatic heterocycles. The number of carbonyl (C=O) groups excluding carboxylic acids is 1. The number of aryl methyl sites for hydroxylation is 1. The normalized spacial score (nSPS) is 19.6. The molecule has 0 radical (unpaired) electrons. The maximum Gasteiger partial charge on any atom is 0.270 e. The van der Waals surface area contributed by atoms with Crippen molar-refractivity contribution in [3.8, 4) is 5.75 Å². The molecule has 8 heteroatoms. The van der Waals surface area contributed by atoms with Gasteiger partial charge in [-0.25, -0.2) is 4.98 Å². The quantitative estimate of drug-likeness (QED) is 0.482. The van der Waals surface area contributed by atoms with Gasteiger partial charge in [0.2, 0.25) is 5.95 Å². The molecule has 1 amide bonds. The van der Waals surface area contributed by atoms with Crippen molar-refractivity contribution in [2.75, 3.05) is 46.7 Å². The van der Waals surface area contributed by atoms with Crippen molar-refractivity contribution in [2.24, 2.45) is 5.92 Å². The minimum Gasteiger partial charge on any atom is -0.492 e. The number of amides is 1. The zero-order valence-electron chi connectivity index (χ0n) is 22.1. The van der Waals surface area contributed by atoms with Crippen LogP contribution >= 0.6 is 0 Å². The first-order valence-corrected chi connectivity index (χ1v) is 12.4. The molecule has 8 nitrogen and oxygen atoms in total. The Labute approximate surface area is 208 Å². The van der Waals surface area contributed by atoms with E-state index in [0.29, 0.717) is 24.2 Å². The van der Waals surface area contributed by atoms with E-state index in [-0.39, 0.29) is 11.4 Å². The number of hydrogen-bond donors (Lipinski definition) is 1. The van der Waals surface area contributed by atoms with Gasteiger partial charge in [0.1, 0.15) is 23.7 Å². The molecule has 188 valence electrons. The third-order valence-corrected chi connectivity index (χ3v) is 7.38. The average molecular weight is 479 g/mol. The topological polar surface area (TPSA) is 75.5 Å². The summed E-state index contributed by atoms with van der Waals surface area (Å²) in [6, 6.07) is 7.94. The first-order chi connectivity index (χ1) is 16.7. The van der Waals surface area contributed by atoms with Gasteiger partial charge in [-0.2, -0.15) is 4.98 Å². The molecule has 35 heavy (non-hydrogen) atoms. The third kappa shape index (κ3) is 4.72. The van der Waals surface area contributed by atoms with Gasteiger partial charge in [0.25, 0.3) is 5.91 Å². The standard InChI is InChI=1S/C27H38N6O2/c1-8-27(12-11-19(27)3)33-22(25(34)32(6)7)16-20-17-28-26(30-24(20)33)29-21-9-10-23(18(2)15-21)35-14-13-31(4)5/h9-10,15-17,19H,8,11-14H2,1-7H3,(H,28,29,30)/t19-,27?/m1/s1. The molecule has 1 fully saturated rings. The molecule has 2 atom stereocenters. The predicted molar refractivity (Wildman–Crippen MR) is 141 cm³/mol. The Hall–Kier alpha value is -3.13.